The Labute approximate surface area is 122 Å². The van der Waals surface area contributed by atoms with Gasteiger partial charge in [-0.3, -0.25) is 0 Å². The molecule has 0 saturated heterocycles. The third-order valence-corrected chi connectivity index (χ3v) is 3.29. The summed E-state index contributed by atoms with van der Waals surface area (Å²) < 4.78 is 5.45. The largest absolute Gasteiger partial charge is 0.490 e. The number of rotatable bonds is 11. The minimum Gasteiger partial charge on any atom is -0.490 e. The molecule has 0 saturated carbocycles. The molecule has 0 amide bonds. The molecule has 0 bridgehead atoms. The summed E-state index contributed by atoms with van der Waals surface area (Å²) >= 11 is 0. The molecule has 0 fully saturated rings. The Morgan fingerprint density at radius 1 is 1.30 bits per heavy atom. The van der Waals surface area contributed by atoms with Crippen LogP contribution in [0, 0.1) is 5.92 Å². The van der Waals surface area contributed by atoms with E-state index < -0.39 is 0 Å². The summed E-state index contributed by atoms with van der Waals surface area (Å²) in [7, 11) is 0. The highest BCUT2D eigenvalue weighted by molar-refractivity contribution is 5.27. The van der Waals surface area contributed by atoms with Crippen LogP contribution >= 0.6 is 0 Å². The van der Waals surface area contributed by atoms with Gasteiger partial charge in [0, 0.05) is 13.2 Å². The zero-order valence-electron chi connectivity index (χ0n) is 12.5. The van der Waals surface area contributed by atoms with E-state index >= 15 is 0 Å². The van der Waals surface area contributed by atoms with Crippen LogP contribution in [0.3, 0.4) is 0 Å². The van der Waals surface area contributed by atoms with Gasteiger partial charge in [0.25, 0.3) is 0 Å². The molecular weight excluding hydrogens is 250 g/mol. The normalized spacial score (nSPS) is 12.1. The molecule has 0 aromatic heterocycles. The quantitative estimate of drug-likeness (QED) is 0.611. The smallest absolute Gasteiger partial charge is 0.119 e. The van der Waals surface area contributed by atoms with Gasteiger partial charge in [-0.25, -0.2) is 0 Å². The maximum atomic E-state index is 9.03. The Balaban J connectivity index is 2.31. The second-order valence-corrected chi connectivity index (χ2v) is 5.04. The summed E-state index contributed by atoms with van der Waals surface area (Å²) in [4.78, 5) is 0. The second-order valence-electron chi connectivity index (χ2n) is 5.04. The first-order valence-electron chi connectivity index (χ1n) is 7.44. The molecule has 20 heavy (non-hydrogen) atoms. The van der Waals surface area contributed by atoms with E-state index in [2.05, 4.69) is 31.0 Å². The highest BCUT2D eigenvalue weighted by Crippen LogP contribution is 2.13. The zero-order chi connectivity index (χ0) is 14.6. The van der Waals surface area contributed by atoms with Crippen molar-refractivity contribution in [3.63, 3.8) is 0 Å². The van der Waals surface area contributed by atoms with Crippen molar-refractivity contribution in [3.8, 4) is 5.75 Å². The third-order valence-electron chi connectivity index (χ3n) is 3.29. The Kier molecular flexibility index (Phi) is 8.76. The molecule has 2 N–H and O–H groups in total. The van der Waals surface area contributed by atoms with E-state index in [1.807, 2.05) is 12.1 Å². The number of hydrogen-bond acceptors (Lipinski definition) is 3. The van der Waals surface area contributed by atoms with Crippen LogP contribution < -0.4 is 10.1 Å². The van der Waals surface area contributed by atoms with Gasteiger partial charge in [0.15, 0.2) is 0 Å². The molecule has 0 radical (unpaired) electrons. The third kappa shape index (κ3) is 6.73. The first kappa shape index (κ1) is 16.7. The highest BCUT2D eigenvalue weighted by atomic mass is 16.5. The molecule has 112 valence electrons. The fraction of sp³-hybridized carbons (Fsp3) is 0.529. The summed E-state index contributed by atoms with van der Waals surface area (Å²) in [5.74, 6) is 1.44. The highest BCUT2D eigenvalue weighted by Gasteiger charge is 2.06. The zero-order valence-corrected chi connectivity index (χ0v) is 12.5. The van der Waals surface area contributed by atoms with Crippen molar-refractivity contribution in [2.24, 2.45) is 5.92 Å². The van der Waals surface area contributed by atoms with E-state index in [0.29, 0.717) is 12.5 Å². The van der Waals surface area contributed by atoms with Crippen LogP contribution in [-0.2, 0) is 6.54 Å². The second kappa shape index (κ2) is 10.5. The average Bonchev–Trinajstić information content (AvgIpc) is 2.47. The van der Waals surface area contributed by atoms with E-state index in [4.69, 9.17) is 9.84 Å². The Morgan fingerprint density at radius 2 is 2.05 bits per heavy atom. The summed E-state index contributed by atoms with van der Waals surface area (Å²) in [5, 5.41) is 12.5. The molecule has 1 aromatic carbocycles. The first-order valence-corrected chi connectivity index (χ1v) is 7.44. The van der Waals surface area contributed by atoms with Crippen molar-refractivity contribution in [1.82, 2.24) is 5.32 Å². The first-order chi connectivity index (χ1) is 9.80. The van der Waals surface area contributed by atoms with E-state index in [1.54, 1.807) is 6.08 Å². The lowest BCUT2D eigenvalue weighted by atomic mass is 10.0. The molecule has 3 nitrogen and oxygen atoms in total. The van der Waals surface area contributed by atoms with Gasteiger partial charge in [0.2, 0.25) is 0 Å². The molecule has 1 atom stereocenters. The average molecular weight is 277 g/mol. The summed E-state index contributed by atoms with van der Waals surface area (Å²) in [6.45, 7) is 8.45. The van der Waals surface area contributed by atoms with Crippen molar-refractivity contribution in [2.75, 3.05) is 19.8 Å². The predicted octanol–water partition coefficient (Wildman–Crippen LogP) is 3.14. The van der Waals surface area contributed by atoms with E-state index in [0.717, 1.165) is 25.3 Å². The van der Waals surface area contributed by atoms with Gasteiger partial charge in [-0.2, -0.15) is 0 Å². The van der Waals surface area contributed by atoms with Crippen molar-refractivity contribution in [2.45, 2.75) is 32.7 Å². The SMILES string of the molecule is C=CCOc1ccc(CNCC(CCC)CCO)cc1. The molecule has 0 aliphatic carbocycles. The fourth-order valence-electron chi connectivity index (χ4n) is 2.22. The van der Waals surface area contributed by atoms with Crippen molar-refractivity contribution in [1.29, 1.82) is 0 Å². The number of aliphatic hydroxyl groups is 1. The molecule has 3 heteroatoms. The van der Waals surface area contributed by atoms with Crippen LogP contribution in [0.1, 0.15) is 31.7 Å². The monoisotopic (exact) mass is 277 g/mol. The Hall–Kier alpha value is -1.32. The van der Waals surface area contributed by atoms with Crippen molar-refractivity contribution in [3.05, 3.63) is 42.5 Å². The molecular formula is C17H27NO2. The molecule has 1 unspecified atom stereocenters. The van der Waals surface area contributed by atoms with Crippen LogP contribution in [-0.4, -0.2) is 24.9 Å². The molecule has 1 aromatic rings. The number of hydrogen-bond donors (Lipinski definition) is 2. The molecule has 1 rings (SSSR count). The lowest BCUT2D eigenvalue weighted by Crippen LogP contribution is -2.23. The van der Waals surface area contributed by atoms with Crippen LogP contribution in [0.15, 0.2) is 36.9 Å². The van der Waals surface area contributed by atoms with Gasteiger partial charge in [0.1, 0.15) is 12.4 Å². The molecule has 0 heterocycles. The topological polar surface area (TPSA) is 41.5 Å². The van der Waals surface area contributed by atoms with E-state index in [9.17, 15) is 0 Å². The lowest BCUT2D eigenvalue weighted by molar-refractivity contribution is 0.248. The van der Waals surface area contributed by atoms with Gasteiger partial charge >= 0.3 is 0 Å². The van der Waals surface area contributed by atoms with Crippen LogP contribution in [0.5, 0.6) is 5.75 Å². The number of ether oxygens (including phenoxy) is 1. The van der Waals surface area contributed by atoms with Crippen LogP contribution in [0.2, 0.25) is 0 Å². The number of benzene rings is 1. The van der Waals surface area contributed by atoms with Gasteiger partial charge in [0.05, 0.1) is 0 Å². The molecule has 0 aliphatic heterocycles. The van der Waals surface area contributed by atoms with Crippen LogP contribution in [0.4, 0.5) is 0 Å². The lowest BCUT2D eigenvalue weighted by Gasteiger charge is -2.15. The minimum atomic E-state index is 0.279. The maximum absolute atomic E-state index is 9.03. The maximum Gasteiger partial charge on any atom is 0.119 e. The number of aliphatic hydroxyl groups excluding tert-OH is 1. The van der Waals surface area contributed by atoms with Gasteiger partial charge < -0.3 is 15.2 Å². The Bertz CT molecular complexity index is 356. The standard InChI is InChI=1S/C17H27NO2/c1-3-5-15(10-11-19)13-18-14-16-6-8-17(9-7-16)20-12-4-2/h4,6-9,15,18-19H,2-3,5,10-14H2,1H3. The van der Waals surface area contributed by atoms with Crippen molar-refractivity contribution >= 4 is 0 Å². The van der Waals surface area contributed by atoms with E-state index in [-0.39, 0.29) is 6.61 Å². The van der Waals surface area contributed by atoms with Gasteiger partial charge in [-0.05, 0) is 43.0 Å². The summed E-state index contributed by atoms with van der Waals surface area (Å²) in [6.07, 6.45) is 4.96. The summed E-state index contributed by atoms with van der Waals surface area (Å²) in [5.41, 5.74) is 1.25. The van der Waals surface area contributed by atoms with Crippen LogP contribution in [0.25, 0.3) is 0 Å². The molecule has 0 aliphatic rings. The summed E-state index contributed by atoms with van der Waals surface area (Å²) in [6, 6.07) is 8.12. The Morgan fingerprint density at radius 3 is 2.65 bits per heavy atom. The van der Waals surface area contributed by atoms with Gasteiger partial charge in [-0.15, -0.1) is 0 Å². The van der Waals surface area contributed by atoms with E-state index in [1.165, 1.54) is 18.4 Å². The molecule has 0 spiro atoms. The fourth-order valence-corrected chi connectivity index (χ4v) is 2.22. The number of nitrogens with one attached hydrogen (secondary N) is 1. The van der Waals surface area contributed by atoms with Gasteiger partial charge in [-0.1, -0.05) is 38.1 Å². The predicted molar refractivity (Wildman–Crippen MR) is 83.9 cm³/mol. The van der Waals surface area contributed by atoms with Crippen molar-refractivity contribution < 1.29 is 9.84 Å². The minimum absolute atomic E-state index is 0.279.